The molecule has 1 atom stereocenters. The van der Waals surface area contributed by atoms with Crippen LogP contribution in [0.15, 0.2) is 32.3 Å². The molecule has 0 spiro atoms. The van der Waals surface area contributed by atoms with Gasteiger partial charge in [-0.1, -0.05) is 27.7 Å². The first-order chi connectivity index (χ1) is 16.5. The van der Waals surface area contributed by atoms with Gasteiger partial charge in [0.15, 0.2) is 0 Å². The monoisotopic (exact) mass is 495 g/mol. The van der Waals surface area contributed by atoms with Crippen molar-refractivity contribution >= 4 is 22.9 Å². The molecule has 194 valence electrons. The first-order valence-electron chi connectivity index (χ1n) is 12.0. The number of aryl methyl sites for hydroxylation is 1. The summed E-state index contributed by atoms with van der Waals surface area (Å²) in [4.78, 5) is 25.4. The Kier molecular flexibility index (Phi) is 9.85. The Bertz CT molecular complexity index is 1010. The number of carbonyl (C=O) groups excluding carboxylic acids is 1. The molecule has 3 N–H and O–H groups in total. The minimum atomic E-state index is -4.74. The van der Waals surface area contributed by atoms with Crippen molar-refractivity contribution in [3.05, 3.63) is 35.2 Å². The van der Waals surface area contributed by atoms with Crippen molar-refractivity contribution in [3.63, 3.8) is 0 Å². The number of aliphatic imine (C=N–C) groups is 2. The molecule has 1 aromatic rings. The fourth-order valence-electron chi connectivity index (χ4n) is 3.75. The summed E-state index contributed by atoms with van der Waals surface area (Å²) in [6.45, 7) is 8.10. The summed E-state index contributed by atoms with van der Waals surface area (Å²) in [5, 5.41) is 2.73. The molecule has 1 aromatic heterocycles. The first-order valence-corrected chi connectivity index (χ1v) is 12.0. The second kappa shape index (κ2) is 12.2. The smallest absolute Gasteiger partial charge is 0.430 e. The number of halogens is 3. The summed E-state index contributed by atoms with van der Waals surface area (Å²) in [6, 6.07) is -0.518. The summed E-state index contributed by atoms with van der Waals surface area (Å²) in [7, 11) is 3.02. The molecular formula is C25H36F3N5O2. The molecule has 1 heterocycles. The molecule has 35 heavy (non-hydrogen) atoms. The fourth-order valence-corrected chi connectivity index (χ4v) is 3.75. The minimum Gasteiger partial charge on any atom is -0.439 e. The number of amides is 1. The van der Waals surface area contributed by atoms with E-state index in [1.54, 1.807) is 7.05 Å². The van der Waals surface area contributed by atoms with Gasteiger partial charge in [0.25, 0.3) is 5.91 Å². The molecule has 0 aromatic carbocycles. The van der Waals surface area contributed by atoms with Gasteiger partial charge in [-0.2, -0.15) is 13.2 Å². The third kappa shape index (κ3) is 7.29. The molecule has 1 saturated carbocycles. The van der Waals surface area contributed by atoms with Crippen LogP contribution in [0.5, 0.6) is 0 Å². The van der Waals surface area contributed by atoms with Crippen LogP contribution in [0.1, 0.15) is 76.8 Å². The first kappa shape index (κ1) is 28.3. The largest absolute Gasteiger partial charge is 0.439 e. The maximum absolute atomic E-state index is 12.8. The Morgan fingerprint density at radius 2 is 1.83 bits per heavy atom. The summed E-state index contributed by atoms with van der Waals surface area (Å²) in [5.74, 6) is 0.880. The lowest BCUT2D eigenvalue weighted by molar-refractivity contribution is -0.115. The summed E-state index contributed by atoms with van der Waals surface area (Å²) in [5.41, 5.74) is 5.95. The van der Waals surface area contributed by atoms with Crippen LogP contribution in [0.3, 0.4) is 0 Å². The molecule has 7 nitrogen and oxygen atoms in total. The van der Waals surface area contributed by atoms with Gasteiger partial charge in [-0.25, -0.2) is 4.98 Å². The highest BCUT2D eigenvalue weighted by Gasteiger charge is 2.34. The number of nitrogens with two attached hydrogens (primary N) is 1. The number of oxazole rings is 1. The highest BCUT2D eigenvalue weighted by atomic mass is 19.4. The number of nitrogens with one attached hydrogen (secondary N) is 1. The number of allylic oxidation sites excluding steroid dienone is 3. The third-order valence-corrected chi connectivity index (χ3v) is 5.78. The zero-order valence-electron chi connectivity index (χ0n) is 21.3. The number of hydrogen-bond acceptors (Lipinski definition) is 6. The maximum atomic E-state index is 12.8. The van der Waals surface area contributed by atoms with Crippen LogP contribution in [-0.4, -0.2) is 42.6 Å². The average molecular weight is 496 g/mol. The summed E-state index contributed by atoms with van der Waals surface area (Å²) in [6.07, 6.45) is 2.12. The molecule has 0 bridgehead atoms. The van der Waals surface area contributed by atoms with Gasteiger partial charge in [-0.05, 0) is 50.2 Å². The molecule has 2 aliphatic rings. The Labute approximate surface area is 204 Å². The van der Waals surface area contributed by atoms with Gasteiger partial charge in [0.2, 0.25) is 5.89 Å². The van der Waals surface area contributed by atoms with E-state index < -0.39 is 29.5 Å². The van der Waals surface area contributed by atoms with Crippen LogP contribution >= 0.6 is 0 Å². The standard InChI is InChI=1S/C23H30F3N5O2.C2H6/c1-12(2)14(10-17(28-3)13-8-9-13)22-31-16-7-5-6-15(20(16)33-22)30-21(32)18(29-4)11-19(27)23(24,25)26;1-2/h10-13,15H,5-9,27H2,1-4H3,(H,30,32);1-2H3/b14-10+,19-11-,28-17?,29-18?;. The summed E-state index contributed by atoms with van der Waals surface area (Å²) < 4.78 is 44.4. The number of nitrogens with zero attached hydrogens (tertiary/aromatic N) is 3. The van der Waals surface area contributed by atoms with Gasteiger partial charge < -0.3 is 15.5 Å². The lowest BCUT2D eigenvalue weighted by Crippen LogP contribution is -2.36. The van der Waals surface area contributed by atoms with Crippen molar-refractivity contribution in [2.24, 2.45) is 27.6 Å². The lowest BCUT2D eigenvalue weighted by Gasteiger charge is -2.21. The number of hydrogen-bond donors (Lipinski definition) is 2. The van der Waals surface area contributed by atoms with E-state index in [1.165, 1.54) is 7.05 Å². The Balaban J connectivity index is 0.00000210. The van der Waals surface area contributed by atoms with E-state index in [0.717, 1.165) is 36.2 Å². The second-order valence-corrected chi connectivity index (χ2v) is 8.63. The molecule has 10 heteroatoms. The lowest BCUT2D eigenvalue weighted by atomic mass is 9.97. The van der Waals surface area contributed by atoms with Crippen molar-refractivity contribution < 1.29 is 22.4 Å². The van der Waals surface area contributed by atoms with Crippen LogP contribution < -0.4 is 11.1 Å². The zero-order chi connectivity index (χ0) is 26.3. The van der Waals surface area contributed by atoms with Crippen molar-refractivity contribution in [3.8, 4) is 0 Å². The maximum Gasteiger partial charge on any atom is 0.430 e. The van der Waals surface area contributed by atoms with Gasteiger partial charge in [0.05, 0.1) is 11.7 Å². The predicted octanol–water partition coefficient (Wildman–Crippen LogP) is 5.19. The fraction of sp³-hybridized carbons (Fsp3) is 0.600. The predicted molar refractivity (Wildman–Crippen MR) is 132 cm³/mol. The number of rotatable bonds is 7. The van der Waals surface area contributed by atoms with Gasteiger partial charge in [-0.15, -0.1) is 0 Å². The molecule has 1 unspecified atom stereocenters. The molecule has 3 rings (SSSR count). The third-order valence-electron chi connectivity index (χ3n) is 5.78. The van der Waals surface area contributed by atoms with Crippen LogP contribution in [0.2, 0.25) is 0 Å². The molecule has 0 saturated heterocycles. The molecule has 1 fully saturated rings. The van der Waals surface area contributed by atoms with Crippen molar-refractivity contribution in [1.29, 1.82) is 0 Å². The Morgan fingerprint density at radius 1 is 1.17 bits per heavy atom. The van der Waals surface area contributed by atoms with Gasteiger partial charge >= 0.3 is 6.18 Å². The number of aromatic nitrogens is 1. The molecular weight excluding hydrogens is 459 g/mol. The van der Waals surface area contributed by atoms with E-state index in [0.29, 0.717) is 36.5 Å². The van der Waals surface area contributed by atoms with E-state index in [4.69, 9.17) is 15.1 Å². The second-order valence-electron chi connectivity index (χ2n) is 8.63. The Hall–Kier alpha value is -2.91. The van der Waals surface area contributed by atoms with E-state index in [1.807, 2.05) is 19.9 Å². The minimum absolute atomic E-state index is 0.142. The van der Waals surface area contributed by atoms with Gasteiger partial charge in [0.1, 0.15) is 17.2 Å². The van der Waals surface area contributed by atoms with Gasteiger partial charge in [0, 0.05) is 31.3 Å². The van der Waals surface area contributed by atoms with E-state index >= 15 is 0 Å². The molecule has 0 radical (unpaired) electrons. The number of fused-ring (bicyclic) bond motifs is 1. The van der Waals surface area contributed by atoms with E-state index in [2.05, 4.69) is 29.1 Å². The van der Waals surface area contributed by atoms with Gasteiger partial charge in [-0.3, -0.25) is 14.8 Å². The molecule has 0 aliphatic heterocycles. The van der Waals surface area contributed by atoms with Crippen LogP contribution in [0.4, 0.5) is 13.2 Å². The topological polar surface area (TPSA) is 106 Å². The van der Waals surface area contributed by atoms with Crippen LogP contribution in [-0.2, 0) is 11.2 Å². The molecule has 2 aliphatic carbocycles. The van der Waals surface area contributed by atoms with Crippen LogP contribution in [0, 0.1) is 11.8 Å². The average Bonchev–Trinajstić information content (AvgIpc) is 3.56. The van der Waals surface area contributed by atoms with Crippen LogP contribution in [0.25, 0.3) is 5.57 Å². The number of carbonyl (C=O) groups is 1. The number of alkyl halides is 3. The Morgan fingerprint density at radius 3 is 2.34 bits per heavy atom. The van der Waals surface area contributed by atoms with E-state index in [-0.39, 0.29) is 5.92 Å². The highest BCUT2D eigenvalue weighted by Crippen LogP contribution is 2.36. The molecule has 1 amide bonds. The van der Waals surface area contributed by atoms with E-state index in [9.17, 15) is 18.0 Å². The summed E-state index contributed by atoms with van der Waals surface area (Å²) >= 11 is 0. The van der Waals surface area contributed by atoms with Crippen molar-refractivity contribution in [2.45, 2.75) is 72.0 Å². The van der Waals surface area contributed by atoms with Crippen molar-refractivity contribution in [2.75, 3.05) is 14.1 Å². The van der Waals surface area contributed by atoms with Crippen molar-refractivity contribution in [1.82, 2.24) is 10.3 Å². The normalized spacial score (nSPS) is 19.8. The highest BCUT2D eigenvalue weighted by molar-refractivity contribution is 6.43. The zero-order valence-corrected chi connectivity index (χ0v) is 21.3. The quantitative estimate of drug-likeness (QED) is 0.508. The SMILES string of the molecule is CC.CN=C(/C=C(\N)C(F)(F)F)C(=O)NC1CCCc2nc(/C(=C/C(=NC)C3CC3)C(C)C)oc21.